The number of nitrogens with one attached hydrogen (secondary N) is 2. The number of hydrogen-bond acceptors (Lipinski definition) is 4. The Morgan fingerprint density at radius 1 is 0.848 bits per heavy atom. The van der Waals surface area contributed by atoms with Gasteiger partial charge in [0.2, 0.25) is 0 Å². The molecule has 5 nitrogen and oxygen atoms in total. The first-order chi connectivity index (χ1) is 16.0. The molecule has 0 aromatic heterocycles. The van der Waals surface area contributed by atoms with Crippen molar-refractivity contribution in [3.63, 3.8) is 0 Å². The monoisotopic (exact) mass is 452 g/mol. The molecule has 0 bridgehead atoms. The number of phenols is 1. The van der Waals surface area contributed by atoms with E-state index in [4.69, 9.17) is 16.6 Å². The van der Waals surface area contributed by atoms with Gasteiger partial charge in [0.25, 0.3) is 0 Å². The van der Waals surface area contributed by atoms with Gasteiger partial charge in [0, 0.05) is 34.0 Å². The Labute approximate surface area is 195 Å². The van der Waals surface area contributed by atoms with E-state index in [1.165, 1.54) is 6.07 Å². The summed E-state index contributed by atoms with van der Waals surface area (Å²) in [6, 6.07) is 25.5. The van der Waals surface area contributed by atoms with Crippen molar-refractivity contribution in [2.75, 3.05) is 10.6 Å². The lowest BCUT2D eigenvalue weighted by atomic mass is 9.91. The van der Waals surface area contributed by atoms with Gasteiger partial charge < -0.3 is 20.2 Å². The predicted molar refractivity (Wildman–Crippen MR) is 137 cm³/mol. The minimum atomic E-state index is -0.0848. The summed E-state index contributed by atoms with van der Waals surface area (Å²) in [5, 5.41) is 17.2. The lowest BCUT2D eigenvalue weighted by molar-refractivity contribution is 0.475. The van der Waals surface area contributed by atoms with E-state index in [9.17, 15) is 9.90 Å². The molecule has 1 aliphatic carbocycles. The molecule has 0 saturated carbocycles. The summed E-state index contributed by atoms with van der Waals surface area (Å²) in [5.41, 5.74) is 6.29. The van der Waals surface area contributed by atoms with E-state index in [0.717, 1.165) is 44.6 Å². The Bertz CT molecular complexity index is 1520. The SMILES string of the molecule is Cc1cc(NC(=S)Nc2ccc(O)cc2)ccc1-c1c2ccc(=O)cc-2oc2ccccc12. The lowest BCUT2D eigenvalue weighted by Crippen LogP contribution is -2.19. The fraction of sp³-hybridized carbons (Fsp3) is 0.0370. The molecule has 1 heterocycles. The van der Waals surface area contributed by atoms with Crippen molar-refractivity contribution in [3.8, 4) is 28.2 Å². The molecule has 2 aliphatic rings. The third-order valence-electron chi connectivity index (χ3n) is 5.48. The minimum Gasteiger partial charge on any atom is -0.508 e. The smallest absolute Gasteiger partial charge is 0.182 e. The van der Waals surface area contributed by atoms with Gasteiger partial charge in [-0.2, -0.15) is 0 Å². The zero-order valence-electron chi connectivity index (χ0n) is 17.8. The van der Waals surface area contributed by atoms with Crippen LogP contribution in [0.25, 0.3) is 33.4 Å². The fourth-order valence-electron chi connectivity index (χ4n) is 3.97. The van der Waals surface area contributed by atoms with Crippen molar-refractivity contribution in [2.24, 2.45) is 0 Å². The van der Waals surface area contributed by atoms with Gasteiger partial charge in [-0.25, -0.2) is 0 Å². The Morgan fingerprint density at radius 2 is 1.55 bits per heavy atom. The topological polar surface area (TPSA) is 74.5 Å². The van der Waals surface area contributed by atoms with Crippen LogP contribution in [0.2, 0.25) is 0 Å². The Balaban J connectivity index is 1.51. The molecule has 162 valence electrons. The molecule has 0 saturated heterocycles. The second-order valence-electron chi connectivity index (χ2n) is 7.79. The third-order valence-corrected chi connectivity index (χ3v) is 5.68. The molecule has 0 unspecified atom stereocenters. The van der Waals surface area contributed by atoms with E-state index in [1.807, 2.05) is 55.5 Å². The Kier molecular flexibility index (Phi) is 5.28. The van der Waals surface area contributed by atoms with Gasteiger partial charge in [-0.15, -0.1) is 0 Å². The van der Waals surface area contributed by atoms with Gasteiger partial charge in [-0.1, -0.05) is 24.3 Å². The number of aromatic hydroxyl groups is 1. The number of hydrogen-bond donors (Lipinski definition) is 3. The number of aryl methyl sites for hydroxylation is 1. The standard InChI is InChI=1S/C27H20N2O3S/c1-16-14-18(29-27(33)28-17-6-9-19(30)10-7-17)8-12-21(16)26-22-4-2-3-5-24(22)32-25-15-20(31)11-13-23(25)26/h2-15,30H,1H3,(H2,28,29,33). The molecular weight excluding hydrogens is 432 g/mol. The maximum absolute atomic E-state index is 11.9. The average molecular weight is 453 g/mol. The van der Waals surface area contributed by atoms with Crippen LogP contribution in [0, 0.1) is 6.92 Å². The molecule has 0 spiro atoms. The molecule has 0 fully saturated rings. The maximum atomic E-state index is 11.9. The minimum absolute atomic E-state index is 0.0848. The van der Waals surface area contributed by atoms with Crippen LogP contribution >= 0.6 is 12.2 Å². The Hall–Kier alpha value is -4.16. The molecule has 6 heteroatoms. The average Bonchev–Trinajstić information content (AvgIpc) is 2.79. The van der Waals surface area contributed by atoms with Gasteiger partial charge in [0.1, 0.15) is 17.1 Å². The van der Waals surface area contributed by atoms with Crippen molar-refractivity contribution in [1.82, 2.24) is 0 Å². The van der Waals surface area contributed by atoms with Gasteiger partial charge in [0.15, 0.2) is 10.5 Å². The molecule has 0 radical (unpaired) electrons. The summed E-state index contributed by atoms with van der Waals surface area (Å²) >= 11 is 5.43. The van der Waals surface area contributed by atoms with Gasteiger partial charge in [-0.05, 0) is 84.9 Å². The van der Waals surface area contributed by atoms with E-state index in [2.05, 4.69) is 10.6 Å². The number of rotatable bonds is 3. The van der Waals surface area contributed by atoms with E-state index < -0.39 is 0 Å². The highest BCUT2D eigenvalue weighted by Crippen LogP contribution is 2.41. The summed E-state index contributed by atoms with van der Waals surface area (Å²) in [6.45, 7) is 2.05. The largest absolute Gasteiger partial charge is 0.508 e. The van der Waals surface area contributed by atoms with Gasteiger partial charge in [0.05, 0.1) is 0 Å². The third kappa shape index (κ3) is 4.16. The molecule has 33 heavy (non-hydrogen) atoms. The highest BCUT2D eigenvalue weighted by atomic mass is 32.1. The van der Waals surface area contributed by atoms with E-state index in [1.54, 1.807) is 30.3 Å². The number of thiocarbonyl (C=S) groups is 1. The highest BCUT2D eigenvalue weighted by Gasteiger charge is 2.18. The first kappa shape index (κ1) is 20.7. The number of benzene rings is 4. The van der Waals surface area contributed by atoms with Crippen molar-refractivity contribution in [2.45, 2.75) is 6.92 Å². The molecular formula is C27H20N2O3S. The van der Waals surface area contributed by atoms with Crippen LogP contribution in [0.1, 0.15) is 5.56 Å². The van der Waals surface area contributed by atoms with Crippen molar-refractivity contribution < 1.29 is 9.52 Å². The van der Waals surface area contributed by atoms with Crippen LogP contribution in [0.3, 0.4) is 0 Å². The van der Waals surface area contributed by atoms with Crippen molar-refractivity contribution in [1.29, 1.82) is 0 Å². The molecule has 3 aromatic rings. The van der Waals surface area contributed by atoms with E-state index >= 15 is 0 Å². The predicted octanol–water partition coefficient (Wildman–Crippen LogP) is 6.39. The van der Waals surface area contributed by atoms with Gasteiger partial charge in [-0.3, -0.25) is 4.79 Å². The number of anilines is 2. The number of fused-ring (bicyclic) bond motifs is 2. The van der Waals surface area contributed by atoms with Crippen LogP contribution in [-0.2, 0) is 0 Å². The van der Waals surface area contributed by atoms with Crippen molar-refractivity contribution in [3.05, 3.63) is 101 Å². The maximum Gasteiger partial charge on any atom is 0.182 e. The summed E-state index contributed by atoms with van der Waals surface area (Å²) < 4.78 is 6.02. The first-order valence-corrected chi connectivity index (χ1v) is 10.8. The Morgan fingerprint density at radius 3 is 2.33 bits per heavy atom. The molecule has 3 aromatic carbocycles. The van der Waals surface area contributed by atoms with E-state index in [0.29, 0.717) is 10.9 Å². The zero-order chi connectivity index (χ0) is 22.9. The molecule has 0 atom stereocenters. The first-order valence-electron chi connectivity index (χ1n) is 10.4. The summed E-state index contributed by atoms with van der Waals surface area (Å²) in [5.74, 6) is 0.767. The zero-order valence-corrected chi connectivity index (χ0v) is 18.6. The lowest BCUT2D eigenvalue weighted by Gasteiger charge is -2.18. The molecule has 0 amide bonds. The summed E-state index contributed by atoms with van der Waals surface area (Å²) in [7, 11) is 0. The van der Waals surface area contributed by atoms with Crippen LogP contribution in [0.5, 0.6) is 5.75 Å². The number of para-hydroxylation sites is 1. The highest BCUT2D eigenvalue weighted by molar-refractivity contribution is 7.80. The van der Waals surface area contributed by atoms with Crippen LogP contribution < -0.4 is 16.1 Å². The fourth-order valence-corrected chi connectivity index (χ4v) is 4.21. The second kappa shape index (κ2) is 8.41. The summed E-state index contributed by atoms with van der Waals surface area (Å²) in [4.78, 5) is 11.9. The second-order valence-corrected chi connectivity index (χ2v) is 8.20. The van der Waals surface area contributed by atoms with Gasteiger partial charge >= 0.3 is 0 Å². The normalized spacial score (nSPS) is 10.9. The number of phenolic OH excluding ortho intramolecular Hbond substituents is 1. The van der Waals surface area contributed by atoms with Crippen molar-refractivity contribution >= 4 is 39.7 Å². The van der Waals surface area contributed by atoms with Crippen LogP contribution in [-0.4, -0.2) is 10.2 Å². The summed E-state index contributed by atoms with van der Waals surface area (Å²) in [6.07, 6.45) is 0. The molecule has 5 rings (SSSR count). The van der Waals surface area contributed by atoms with Crippen LogP contribution in [0.4, 0.5) is 11.4 Å². The van der Waals surface area contributed by atoms with E-state index in [-0.39, 0.29) is 11.2 Å². The quantitative estimate of drug-likeness (QED) is 0.167. The van der Waals surface area contributed by atoms with Crippen LogP contribution in [0.15, 0.2) is 94.1 Å². The molecule has 3 N–H and O–H groups in total. The molecule has 1 aliphatic heterocycles.